The number of aliphatic hydroxyl groups excluding tert-OH is 1. The van der Waals surface area contributed by atoms with E-state index in [-0.39, 0.29) is 18.1 Å². The van der Waals surface area contributed by atoms with Gasteiger partial charge < -0.3 is 10.4 Å². The minimum Gasteiger partial charge on any atom is -0.392 e. The maximum atomic E-state index is 12.5. The first-order valence-electron chi connectivity index (χ1n) is 8.73. The number of rotatable bonds is 4. The molecular weight excluding hydrogens is 290 g/mol. The second-order valence-corrected chi connectivity index (χ2v) is 7.14. The predicted octanol–water partition coefficient (Wildman–Crippen LogP) is 1.92. The summed E-state index contributed by atoms with van der Waals surface area (Å²) in [6.07, 6.45) is 5.56. The van der Waals surface area contributed by atoms with Gasteiger partial charge in [-0.1, -0.05) is 13.8 Å². The van der Waals surface area contributed by atoms with Crippen LogP contribution in [0.15, 0.2) is 18.3 Å². The Hall–Kier alpha value is -1.46. The summed E-state index contributed by atoms with van der Waals surface area (Å²) in [7, 11) is 0. The molecule has 2 N–H and O–H groups in total. The average molecular weight is 317 g/mol. The first-order chi connectivity index (χ1) is 11.0. The topological polar surface area (TPSA) is 65.5 Å². The number of carbonyl (C=O) groups is 1. The van der Waals surface area contributed by atoms with E-state index in [0.29, 0.717) is 17.5 Å². The van der Waals surface area contributed by atoms with Crippen molar-refractivity contribution in [2.24, 2.45) is 0 Å². The monoisotopic (exact) mass is 317 g/mol. The molecule has 0 aromatic carbocycles. The van der Waals surface area contributed by atoms with Crippen molar-refractivity contribution < 1.29 is 9.90 Å². The maximum absolute atomic E-state index is 12.5. The fourth-order valence-electron chi connectivity index (χ4n) is 3.75. The van der Waals surface area contributed by atoms with Gasteiger partial charge in [-0.2, -0.15) is 0 Å². The SMILES string of the molecule is CC(C)c1ccc(C(=O)N[C@@H]2CCC[C@@H]2N2CCC(O)C2)cn1. The Morgan fingerprint density at radius 1 is 1.35 bits per heavy atom. The molecule has 3 rings (SSSR count). The van der Waals surface area contributed by atoms with E-state index < -0.39 is 0 Å². The Bertz CT molecular complexity index is 544. The maximum Gasteiger partial charge on any atom is 0.253 e. The van der Waals surface area contributed by atoms with Gasteiger partial charge in [0.2, 0.25) is 0 Å². The Labute approximate surface area is 138 Å². The van der Waals surface area contributed by atoms with Gasteiger partial charge in [0.1, 0.15) is 0 Å². The van der Waals surface area contributed by atoms with Gasteiger partial charge in [0.15, 0.2) is 0 Å². The average Bonchev–Trinajstić information content (AvgIpc) is 3.16. The van der Waals surface area contributed by atoms with Crippen LogP contribution < -0.4 is 5.32 Å². The standard InChI is InChI=1S/C18H27N3O2/c1-12(2)15-7-6-13(10-19-15)18(23)20-16-4-3-5-17(16)21-9-8-14(22)11-21/h6-7,10,12,14,16-17,22H,3-5,8-9,11H2,1-2H3,(H,20,23)/t14?,16-,17+/m1/s1. The van der Waals surface area contributed by atoms with Gasteiger partial charge in [0.25, 0.3) is 5.91 Å². The summed E-state index contributed by atoms with van der Waals surface area (Å²) in [6, 6.07) is 4.33. The molecule has 1 aromatic heterocycles. The number of pyridine rings is 1. The van der Waals surface area contributed by atoms with Crippen molar-refractivity contribution in [3.8, 4) is 0 Å². The smallest absolute Gasteiger partial charge is 0.253 e. The number of hydrogen-bond donors (Lipinski definition) is 2. The molecule has 0 bridgehead atoms. The number of aliphatic hydroxyl groups is 1. The second kappa shape index (κ2) is 6.97. The Balaban J connectivity index is 1.62. The predicted molar refractivity (Wildman–Crippen MR) is 89.4 cm³/mol. The van der Waals surface area contributed by atoms with Crippen LogP contribution in [0.4, 0.5) is 0 Å². The van der Waals surface area contributed by atoms with Gasteiger partial charge >= 0.3 is 0 Å². The molecular formula is C18H27N3O2. The number of carbonyl (C=O) groups excluding carboxylic acids is 1. The van der Waals surface area contributed by atoms with Gasteiger partial charge in [-0.3, -0.25) is 14.7 Å². The quantitative estimate of drug-likeness (QED) is 0.890. The lowest BCUT2D eigenvalue weighted by Gasteiger charge is -2.29. The van der Waals surface area contributed by atoms with E-state index in [1.165, 1.54) is 0 Å². The molecule has 3 atom stereocenters. The van der Waals surface area contributed by atoms with Crippen molar-refractivity contribution in [2.45, 2.75) is 63.6 Å². The molecule has 2 aliphatic rings. The fraction of sp³-hybridized carbons (Fsp3) is 0.667. The van der Waals surface area contributed by atoms with Crippen LogP contribution in [0.25, 0.3) is 0 Å². The van der Waals surface area contributed by atoms with E-state index in [0.717, 1.165) is 44.5 Å². The van der Waals surface area contributed by atoms with E-state index in [4.69, 9.17) is 0 Å². The van der Waals surface area contributed by atoms with Crippen molar-refractivity contribution >= 4 is 5.91 Å². The van der Waals surface area contributed by atoms with Gasteiger partial charge in [-0.15, -0.1) is 0 Å². The number of likely N-dealkylation sites (tertiary alicyclic amines) is 1. The highest BCUT2D eigenvalue weighted by atomic mass is 16.3. The number of aromatic nitrogens is 1. The summed E-state index contributed by atoms with van der Waals surface area (Å²) < 4.78 is 0. The Morgan fingerprint density at radius 2 is 2.17 bits per heavy atom. The van der Waals surface area contributed by atoms with E-state index in [1.54, 1.807) is 6.20 Å². The molecule has 5 nitrogen and oxygen atoms in total. The highest BCUT2D eigenvalue weighted by Crippen LogP contribution is 2.27. The summed E-state index contributed by atoms with van der Waals surface area (Å²) in [5, 5.41) is 12.9. The summed E-state index contributed by atoms with van der Waals surface area (Å²) in [5.41, 5.74) is 1.63. The van der Waals surface area contributed by atoms with E-state index in [1.807, 2.05) is 12.1 Å². The molecule has 2 fully saturated rings. The highest BCUT2D eigenvalue weighted by molar-refractivity contribution is 5.94. The van der Waals surface area contributed by atoms with Crippen molar-refractivity contribution in [1.29, 1.82) is 0 Å². The third-order valence-corrected chi connectivity index (χ3v) is 5.10. The normalized spacial score (nSPS) is 28.4. The van der Waals surface area contributed by atoms with E-state index in [2.05, 4.69) is 29.0 Å². The first-order valence-corrected chi connectivity index (χ1v) is 8.73. The van der Waals surface area contributed by atoms with Crippen LogP contribution in [-0.4, -0.2) is 52.2 Å². The molecule has 0 radical (unpaired) electrons. The molecule has 1 amide bonds. The lowest BCUT2D eigenvalue weighted by Crippen LogP contribution is -2.48. The lowest BCUT2D eigenvalue weighted by atomic mass is 10.1. The highest BCUT2D eigenvalue weighted by Gasteiger charge is 2.36. The summed E-state index contributed by atoms with van der Waals surface area (Å²) >= 11 is 0. The molecule has 2 heterocycles. The molecule has 1 aliphatic carbocycles. The molecule has 1 aromatic rings. The van der Waals surface area contributed by atoms with Crippen LogP contribution in [0, 0.1) is 0 Å². The molecule has 5 heteroatoms. The number of nitrogens with one attached hydrogen (secondary N) is 1. The summed E-state index contributed by atoms with van der Waals surface area (Å²) in [4.78, 5) is 19.2. The van der Waals surface area contributed by atoms with E-state index >= 15 is 0 Å². The third-order valence-electron chi connectivity index (χ3n) is 5.10. The van der Waals surface area contributed by atoms with Crippen LogP contribution >= 0.6 is 0 Å². The van der Waals surface area contributed by atoms with Crippen LogP contribution in [0.1, 0.15) is 61.5 Å². The number of nitrogens with zero attached hydrogens (tertiary/aromatic N) is 2. The minimum atomic E-state index is -0.209. The van der Waals surface area contributed by atoms with Crippen molar-refractivity contribution in [1.82, 2.24) is 15.2 Å². The van der Waals surface area contributed by atoms with Gasteiger partial charge in [0.05, 0.1) is 11.7 Å². The zero-order valence-electron chi connectivity index (χ0n) is 14.0. The van der Waals surface area contributed by atoms with Crippen molar-refractivity contribution in [3.05, 3.63) is 29.6 Å². The molecule has 1 aliphatic heterocycles. The largest absolute Gasteiger partial charge is 0.392 e. The summed E-state index contributed by atoms with van der Waals surface area (Å²) in [5.74, 6) is 0.331. The third kappa shape index (κ3) is 3.72. The zero-order valence-corrected chi connectivity index (χ0v) is 14.0. The van der Waals surface area contributed by atoms with Crippen LogP contribution in [0.3, 0.4) is 0 Å². The number of hydrogen-bond acceptors (Lipinski definition) is 4. The number of amides is 1. The van der Waals surface area contributed by atoms with Crippen LogP contribution in [-0.2, 0) is 0 Å². The molecule has 1 saturated carbocycles. The lowest BCUT2D eigenvalue weighted by molar-refractivity contribution is 0.0905. The van der Waals surface area contributed by atoms with Crippen LogP contribution in [0.2, 0.25) is 0 Å². The first kappa shape index (κ1) is 16.4. The number of β-amino-alcohol motifs (C(OH)–C–C–N with tert-alkyl or cyclic N) is 1. The molecule has 1 saturated heterocycles. The zero-order chi connectivity index (χ0) is 16.4. The molecule has 1 unspecified atom stereocenters. The van der Waals surface area contributed by atoms with Gasteiger partial charge in [0, 0.05) is 37.1 Å². The van der Waals surface area contributed by atoms with Gasteiger partial charge in [-0.05, 0) is 43.7 Å². The Kier molecular flexibility index (Phi) is 4.97. The molecule has 126 valence electrons. The Morgan fingerprint density at radius 3 is 2.78 bits per heavy atom. The van der Waals surface area contributed by atoms with Crippen molar-refractivity contribution in [2.75, 3.05) is 13.1 Å². The van der Waals surface area contributed by atoms with Crippen LogP contribution in [0.5, 0.6) is 0 Å². The molecule has 23 heavy (non-hydrogen) atoms. The van der Waals surface area contributed by atoms with E-state index in [9.17, 15) is 9.90 Å². The molecule has 0 spiro atoms. The van der Waals surface area contributed by atoms with Gasteiger partial charge in [-0.25, -0.2) is 0 Å². The fourth-order valence-corrected chi connectivity index (χ4v) is 3.75. The second-order valence-electron chi connectivity index (χ2n) is 7.14. The van der Waals surface area contributed by atoms with Crippen molar-refractivity contribution in [3.63, 3.8) is 0 Å². The summed E-state index contributed by atoms with van der Waals surface area (Å²) in [6.45, 7) is 5.86. The minimum absolute atomic E-state index is 0.0375.